The van der Waals surface area contributed by atoms with E-state index in [1.54, 1.807) is 0 Å². The molecule has 1 saturated heterocycles. The highest BCUT2D eigenvalue weighted by Gasteiger charge is 2.15. The lowest BCUT2D eigenvalue weighted by Gasteiger charge is -2.22. The smallest absolute Gasteiger partial charge is 0.0621 e. The summed E-state index contributed by atoms with van der Waals surface area (Å²) in [7, 11) is 0. The molecule has 0 aliphatic carbocycles. The number of aromatic nitrogens is 1. The molecule has 0 amide bonds. The van der Waals surface area contributed by atoms with Gasteiger partial charge in [-0.1, -0.05) is 11.6 Å². The first-order chi connectivity index (χ1) is 6.86. The lowest BCUT2D eigenvalue weighted by molar-refractivity contribution is 0.370. The van der Waals surface area contributed by atoms with Gasteiger partial charge < -0.3 is 5.32 Å². The Kier molecular flexibility index (Phi) is 3.38. The summed E-state index contributed by atoms with van der Waals surface area (Å²) in [6.07, 6.45) is 5.34. The fourth-order valence-corrected chi connectivity index (χ4v) is 2.13. The van der Waals surface area contributed by atoms with Gasteiger partial charge in [-0.15, -0.1) is 0 Å². The van der Waals surface area contributed by atoms with Gasteiger partial charge in [0.05, 0.1) is 10.7 Å². The van der Waals surface area contributed by atoms with Crippen molar-refractivity contribution in [2.24, 2.45) is 5.92 Å². The zero-order chi connectivity index (χ0) is 9.80. The topological polar surface area (TPSA) is 24.9 Å². The fourth-order valence-electron chi connectivity index (χ4n) is 1.93. The van der Waals surface area contributed by atoms with E-state index >= 15 is 0 Å². The molecule has 1 fully saturated rings. The van der Waals surface area contributed by atoms with Crippen molar-refractivity contribution in [2.75, 3.05) is 13.1 Å². The molecular formula is C11H15ClN2. The number of hydrogen-bond donors (Lipinski definition) is 1. The van der Waals surface area contributed by atoms with E-state index in [4.69, 9.17) is 11.6 Å². The first-order valence-corrected chi connectivity index (χ1v) is 5.54. The van der Waals surface area contributed by atoms with E-state index < -0.39 is 0 Å². The number of rotatable bonds is 2. The number of piperidine rings is 1. The van der Waals surface area contributed by atoms with Gasteiger partial charge in [-0.3, -0.25) is 4.98 Å². The quantitative estimate of drug-likeness (QED) is 0.810. The molecule has 0 radical (unpaired) electrons. The van der Waals surface area contributed by atoms with Crippen LogP contribution in [0.3, 0.4) is 0 Å². The summed E-state index contributed by atoms with van der Waals surface area (Å²) >= 11 is 6.07. The van der Waals surface area contributed by atoms with Gasteiger partial charge in [0, 0.05) is 6.20 Å². The van der Waals surface area contributed by atoms with Gasteiger partial charge in [0.1, 0.15) is 0 Å². The van der Waals surface area contributed by atoms with Crippen LogP contribution in [-0.2, 0) is 6.42 Å². The molecule has 2 heterocycles. The van der Waals surface area contributed by atoms with Gasteiger partial charge >= 0.3 is 0 Å². The fraction of sp³-hybridized carbons (Fsp3) is 0.545. The highest BCUT2D eigenvalue weighted by molar-refractivity contribution is 6.31. The number of halogens is 1. The van der Waals surface area contributed by atoms with Crippen LogP contribution in [0.4, 0.5) is 0 Å². The van der Waals surface area contributed by atoms with Crippen LogP contribution in [0.1, 0.15) is 18.5 Å². The highest BCUT2D eigenvalue weighted by Crippen LogP contribution is 2.21. The molecule has 2 nitrogen and oxygen atoms in total. The van der Waals surface area contributed by atoms with Crippen molar-refractivity contribution >= 4 is 11.6 Å². The van der Waals surface area contributed by atoms with E-state index in [1.165, 1.54) is 12.8 Å². The zero-order valence-corrected chi connectivity index (χ0v) is 8.93. The van der Waals surface area contributed by atoms with E-state index in [-0.39, 0.29) is 0 Å². The zero-order valence-electron chi connectivity index (χ0n) is 8.17. The Morgan fingerprint density at radius 2 is 2.21 bits per heavy atom. The van der Waals surface area contributed by atoms with E-state index in [0.717, 1.165) is 36.1 Å². The first kappa shape index (κ1) is 9.94. The Balaban J connectivity index is 1.99. The molecule has 1 aliphatic rings. The largest absolute Gasteiger partial charge is 0.317 e. The summed E-state index contributed by atoms with van der Waals surface area (Å²) < 4.78 is 0. The third-order valence-corrected chi connectivity index (χ3v) is 3.12. The molecule has 1 aromatic rings. The van der Waals surface area contributed by atoms with E-state index in [2.05, 4.69) is 10.3 Å². The molecular weight excluding hydrogens is 196 g/mol. The lowest BCUT2D eigenvalue weighted by atomic mass is 9.93. The average molecular weight is 211 g/mol. The average Bonchev–Trinajstić information content (AvgIpc) is 2.23. The van der Waals surface area contributed by atoms with Gasteiger partial charge in [-0.25, -0.2) is 0 Å². The third-order valence-electron chi connectivity index (χ3n) is 2.78. The van der Waals surface area contributed by atoms with Gasteiger partial charge in [0.25, 0.3) is 0 Å². The summed E-state index contributed by atoms with van der Waals surface area (Å²) in [4.78, 5) is 4.32. The molecule has 3 heteroatoms. The SMILES string of the molecule is Clc1cccnc1CC1CCNCC1. The predicted octanol–water partition coefficient (Wildman–Crippen LogP) is 2.28. The van der Waals surface area contributed by atoms with Gasteiger partial charge in [0.15, 0.2) is 0 Å². The minimum atomic E-state index is 0.753. The summed E-state index contributed by atoms with van der Waals surface area (Å²) in [5, 5.41) is 4.17. The summed E-state index contributed by atoms with van der Waals surface area (Å²) in [6.45, 7) is 2.27. The monoisotopic (exact) mass is 210 g/mol. The van der Waals surface area contributed by atoms with Crippen LogP contribution in [-0.4, -0.2) is 18.1 Å². The molecule has 1 N–H and O–H groups in total. The molecule has 1 aromatic heterocycles. The van der Waals surface area contributed by atoms with Crippen molar-refractivity contribution in [1.29, 1.82) is 0 Å². The second-order valence-corrected chi connectivity index (χ2v) is 4.24. The van der Waals surface area contributed by atoms with Crippen LogP contribution in [0.5, 0.6) is 0 Å². The number of pyridine rings is 1. The second-order valence-electron chi connectivity index (χ2n) is 3.83. The maximum absolute atomic E-state index is 6.07. The number of nitrogens with zero attached hydrogens (tertiary/aromatic N) is 1. The maximum atomic E-state index is 6.07. The minimum absolute atomic E-state index is 0.753. The normalized spacial score (nSPS) is 18.4. The van der Waals surface area contributed by atoms with Crippen LogP contribution in [0, 0.1) is 5.92 Å². The van der Waals surface area contributed by atoms with Crippen molar-refractivity contribution in [3.05, 3.63) is 29.0 Å². The second kappa shape index (κ2) is 4.76. The number of nitrogens with one attached hydrogen (secondary N) is 1. The Bertz CT molecular complexity index is 295. The van der Waals surface area contributed by atoms with Crippen molar-refractivity contribution in [2.45, 2.75) is 19.3 Å². The molecule has 0 unspecified atom stereocenters. The van der Waals surface area contributed by atoms with Crippen molar-refractivity contribution in [3.63, 3.8) is 0 Å². The highest BCUT2D eigenvalue weighted by atomic mass is 35.5. The van der Waals surface area contributed by atoms with Crippen molar-refractivity contribution in [1.82, 2.24) is 10.3 Å². The van der Waals surface area contributed by atoms with Gasteiger partial charge in [0.2, 0.25) is 0 Å². The Hall–Kier alpha value is -0.600. The van der Waals surface area contributed by atoms with Gasteiger partial charge in [-0.05, 0) is 50.4 Å². The molecule has 76 valence electrons. The van der Waals surface area contributed by atoms with E-state index in [0.29, 0.717) is 0 Å². The van der Waals surface area contributed by atoms with Crippen molar-refractivity contribution in [3.8, 4) is 0 Å². The number of hydrogen-bond acceptors (Lipinski definition) is 2. The molecule has 0 spiro atoms. The maximum Gasteiger partial charge on any atom is 0.0621 e. The summed E-state index contributed by atoms with van der Waals surface area (Å²) in [5.74, 6) is 0.753. The molecule has 14 heavy (non-hydrogen) atoms. The third kappa shape index (κ3) is 2.46. The van der Waals surface area contributed by atoms with Gasteiger partial charge in [-0.2, -0.15) is 0 Å². The Labute approximate surface area is 89.7 Å². The van der Waals surface area contributed by atoms with Crippen LogP contribution in [0.15, 0.2) is 18.3 Å². The minimum Gasteiger partial charge on any atom is -0.317 e. The van der Waals surface area contributed by atoms with E-state index in [1.807, 2.05) is 18.3 Å². The Morgan fingerprint density at radius 1 is 1.43 bits per heavy atom. The Morgan fingerprint density at radius 3 is 2.93 bits per heavy atom. The standard InChI is InChI=1S/C11H15ClN2/c12-10-2-1-5-14-11(10)8-9-3-6-13-7-4-9/h1-2,5,9,13H,3-4,6-8H2. The molecule has 1 aliphatic heterocycles. The first-order valence-electron chi connectivity index (χ1n) is 5.16. The van der Waals surface area contributed by atoms with Crippen LogP contribution >= 0.6 is 11.6 Å². The molecule has 2 rings (SSSR count). The van der Waals surface area contributed by atoms with E-state index in [9.17, 15) is 0 Å². The molecule has 0 bridgehead atoms. The van der Waals surface area contributed by atoms with Crippen LogP contribution in [0.2, 0.25) is 5.02 Å². The summed E-state index contributed by atoms with van der Waals surface area (Å²) in [5.41, 5.74) is 1.06. The molecule has 0 atom stereocenters. The predicted molar refractivity (Wildman–Crippen MR) is 58.5 cm³/mol. The molecule has 0 saturated carbocycles. The lowest BCUT2D eigenvalue weighted by Crippen LogP contribution is -2.28. The van der Waals surface area contributed by atoms with Crippen LogP contribution in [0.25, 0.3) is 0 Å². The molecule has 0 aromatic carbocycles. The van der Waals surface area contributed by atoms with Crippen LogP contribution < -0.4 is 5.32 Å². The summed E-state index contributed by atoms with van der Waals surface area (Å²) in [6, 6.07) is 3.80. The van der Waals surface area contributed by atoms with Crippen molar-refractivity contribution < 1.29 is 0 Å².